The number of fused-ring (bicyclic) bond motifs is 3. The fourth-order valence-corrected chi connectivity index (χ4v) is 5.55. The quantitative estimate of drug-likeness (QED) is 0.685. The number of esters is 1. The van der Waals surface area contributed by atoms with Gasteiger partial charge in [0.25, 0.3) is 0 Å². The van der Waals surface area contributed by atoms with E-state index < -0.39 is 17.6 Å². The molecule has 128 valence electrons. The maximum atomic E-state index is 12.9. The minimum atomic E-state index is -0.715. The van der Waals surface area contributed by atoms with E-state index in [0.717, 1.165) is 17.7 Å². The highest BCUT2D eigenvalue weighted by Crippen LogP contribution is 2.64. The highest BCUT2D eigenvalue weighted by Gasteiger charge is 2.68. The average molecular weight is 328 g/mol. The summed E-state index contributed by atoms with van der Waals surface area (Å²) >= 11 is 0. The van der Waals surface area contributed by atoms with E-state index in [1.165, 1.54) is 11.1 Å². The third kappa shape index (κ3) is 1.65. The Hall–Kier alpha value is -1.81. The first-order chi connectivity index (χ1) is 11.5. The molecule has 24 heavy (non-hydrogen) atoms. The smallest absolute Gasteiger partial charge is 0.313 e. The van der Waals surface area contributed by atoms with E-state index in [0.29, 0.717) is 6.42 Å². The van der Waals surface area contributed by atoms with E-state index in [2.05, 4.69) is 19.6 Å². The molecule has 2 bridgehead atoms. The van der Waals surface area contributed by atoms with Gasteiger partial charge in [0.2, 0.25) is 0 Å². The van der Waals surface area contributed by atoms with Crippen molar-refractivity contribution in [1.82, 2.24) is 0 Å². The molecule has 2 unspecified atom stereocenters. The predicted octanol–water partition coefficient (Wildman–Crippen LogP) is 2.76. The van der Waals surface area contributed by atoms with Crippen LogP contribution in [0.25, 0.3) is 0 Å². The van der Waals surface area contributed by atoms with E-state index in [-0.39, 0.29) is 23.7 Å². The molecule has 4 nitrogen and oxygen atoms in total. The molecule has 2 heterocycles. The molecular weight excluding hydrogens is 304 g/mol. The number of aliphatic hydroxyl groups excluding tert-OH is 1. The number of carbonyl (C=O) groups excluding carboxylic acids is 1. The lowest BCUT2D eigenvalue weighted by Crippen LogP contribution is -2.66. The molecule has 3 fully saturated rings. The van der Waals surface area contributed by atoms with E-state index >= 15 is 0 Å². The number of hydrogen-bond donors (Lipinski definition) is 1. The summed E-state index contributed by atoms with van der Waals surface area (Å²) in [7, 11) is 1.68. The molecule has 0 spiro atoms. The zero-order chi connectivity index (χ0) is 17.2. The van der Waals surface area contributed by atoms with Crippen molar-refractivity contribution in [2.45, 2.75) is 44.8 Å². The summed E-state index contributed by atoms with van der Waals surface area (Å²) in [6.07, 6.45) is 2.12. The minimum absolute atomic E-state index is 0.0831. The maximum Gasteiger partial charge on any atom is 0.313 e. The monoisotopic (exact) mass is 328 g/mol. The Kier molecular flexibility index (Phi) is 3.33. The molecule has 4 heteroatoms. The van der Waals surface area contributed by atoms with Crippen molar-refractivity contribution < 1.29 is 19.4 Å². The first kappa shape index (κ1) is 15.7. The molecule has 0 aromatic heterocycles. The fraction of sp³-hybridized carbons (Fsp3) is 0.550. The van der Waals surface area contributed by atoms with Gasteiger partial charge in [-0.1, -0.05) is 19.1 Å². The van der Waals surface area contributed by atoms with Crippen LogP contribution >= 0.6 is 0 Å². The predicted molar refractivity (Wildman–Crippen MR) is 90.0 cm³/mol. The molecule has 1 N–H and O–H groups in total. The Labute approximate surface area is 142 Å². The van der Waals surface area contributed by atoms with E-state index in [9.17, 15) is 9.90 Å². The number of benzene rings is 1. The summed E-state index contributed by atoms with van der Waals surface area (Å²) in [5.41, 5.74) is 2.89. The standard InChI is InChI=1S/C20H24O4/c1-5-8-20-11(3)17(21)18(24-19(20)22)14-9-13-10(2)15(23-4)7-6-12(13)16(14)20/h5-7,11,14,16-18,21H,1,8-9H2,2-4H3/t11?,14-,16+,17?,18+,20+/m0/s1. The SMILES string of the molecule is C=CC[C@@]12C(=O)O[C@@H](C(O)C1C)[C@H]1Cc3c(ccc(OC)c3C)[C@H]12. The zero-order valence-electron chi connectivity index (χ0n) is 14.4. The number of carbonyl (C=O) groups is 1. The van der Waals surface area contributed by atoms with Crippen LogP contribution in [0.4, 0.5) is 0 Å². The summed E-state index contributed by atoms with van der Waals surface area (Å²) in [6, 6.07) is 4.09. The summed E-state index contributed by atoms with van der Waals surface area (Å²) in [5, 5.41) is 10.7. The van der Waals surface area contributed by atoms with Gasteiger partial charge in [-0.15, -0.1) is 6.58 Å². The topological polar surface area (TPSA) is 55.8 Å². The van der Waals surface area contributed by atoms with Crippen LogP contribution in [-0.2, 0) is 16.0 Å². The molecular formula is C20H24O4. The highest BCUT2D eigenvalue weighted by atomic mass is 16.6. The number of hydrogen-bond acceptors (Lipinski definition) is 4. The second-order valence-corrected chi connectivity index (χ2v) is 7.49. The number of ether oxygens (including phenoxy) is 2. The highest BCUT2D eigenvalue weighted by molar-refractivity contribution is 5.82. The maximum absolute atomic E-state index is 12.9. The van der Waals surface area contributed by atoms with E-state index in [4.69, 9.17) is 9.47 Å². The first-order valence-corrected chi connectivity index (χ1v) is 8.63. The fourth-order valence-electron chi connectivity index (χ4n) is 5.55. The molecule has 0 amide bonds. The van der Waals surface area contributed by atoms with Crippen LogP contribution in [0, 0.1) is 24.2 Å². The lowest BCUT2D eigenvalue weighted by atomic mass is 9.51. The molecule has 2 aliphatic heterocycles. The molecule has 1 aromatic rings. The third-order valence-electron chi connectivity index (χ3n) is 6.75. The number of rotatable bonds is 3. The largest absolute Gasteiger partial charge is 0.496 e. The van der Waals surface area contributed by atoms with Crippen LogP contribution in [0.3, 0.4) is 0 Å². The van der Waals surface area contributed by atoms with Crippen molar-refractivity contribution in [3.8, 4) is 5.75 Å². The van der Waals surface area contributed by atoms with Crippen LogP contribution in [0.5, 0.6) is 5.75 Å². The Morgan fingerprint density at radius 3 is 2.92 bits per heavy atom. The van der Waals surface area contributed by atoms with Gasteiger partial charge in [-0.05, 0) is 42.5 Å². The second kappa shape index (κ2) is 5.09. The Morgan fingerprint density at radius 1 is 1.50 bits per heavy atom. The van der Waals surface area contributed by atoms with Gasteiger partial charge in [0.05, 0.1) is 18.6 Å². The molecule has 0 radical (unpaired) electrons. The summed E-state index contributed by atoms with van der Waals surface area (Å²) in [5.74, 6) is 0.775. The van der Waals surface area contributed by atoms with Gasteiger partial charge < -0.3 is 14.6 Å². The van der Waals surface area contributed by atoms with Gasteiger partial charge in [0.1, 0.15) is 11.9 Å². The van der Waals surface area contributed by atoms with Crippen molar-refractivity contribution in [2.24, 2.45) is 17.3 Å². The number of aliphatic hydroxyl groups is 1. The molecule has 1 aromatic carbocycles. The van der Waals surface area contributed by atoms with Gasteiger partial charge in [-0.2, -0.15) is 0 Å². The van der Waals surface area contributed by atoms with Crippen molar-refractivity contribution in [3.63, 3.8) is 0 Å². The van der Waals surface area contributed by atoms with Gasteiger partial charge in [-0.3, -0.25) is 4.79 Å². The normalized spacial score (nSPS) is 39.2. The van der Waals surface area contributed by atoms with Crippen LogP contribution in [0.15, 0.2) is 24.8 Å². The lowest BCUT2D eigenvalue weighted by molar-refractivity contribution is -0.233. The van der Waals surface area contributed by atoms with Crippen LogP contribution in [0.2, 0.25) is 0 Å². The van der Waals surface area contributed by atoms with Crippen molar-refractivity contribution in [3.05, 3.63) is 41.5 Å². The van der Waals surface area contributed by atoms with Crippen molar-refractivity contribution in [2.75, 3.05) is 7.11 Å². The average Bonchev–Trinajstić information content (AvgIpc) is 2.96. The number of allylic oxidation sites excluding steroid dienone is 1. The molecule has 2 saturated heterocycles. The lowest BCUT2D eigenvalue weighted by Gasteiger charge is -2.58. The molecule has 1 saturated carbocycles. The number of methoxy groups -OCH3 is 1. The van der Waals surface area contributed by atoms with Crippen molar-refractivity contribution in [1.29, 1.82) is 0 Å². The Bertz CT molecular complexity index is 725. The second-order valence-electron chi connectivity index (χ2n) is 7.49. The van der Waals surface area contributed by atoms with Crippen LogP contribution < -0.4 is 4.74 Å². The summed E-state index contributed by atoms with van der Waals surface area (Å²) in [6.45, 7) is 7.91. The van der Waals surface area contributed by atoms with Crippen molar-refractivity contribution >= 4 is 5.97 Å². The Balaban J connectivity index is 1.93. The van der Waals surface area contributed by atoms with Gasteiger partial charge >= 0.3 is 5.97 Å². The molecule has 5 rings (SSSR count). The zero-order valence-corrected chi connectivity index (χ0v) is 14.4. The van der Waals surface area contributed by atoms with Crippen LogP contribution in [0.1, 0.15) is 36.0 Å². The third-order valence-corrected chi connectivity index (χ3v) is 6.75. The Morgan fingerprint density at radius 2 is 2.25 bits per heavy atom. The summed E-state index contributed by atoms with van der Waals surface area (Å²) in [4.78, 5) is 12.9. The van der Waals surface area contributed by atoms with Crippen LogP contribution in [-0.4, -0.2) is 30.4 Å². The molecule has 6 atom stereocenters. The van der Waals surface area contributed by atoms with E-state index in [1.807, 2.05) is 13.0 Å². The molecule has 4 aliphatic rings. The van der Waals surface area contributed by atoms with Gasteiger partial charge in [0.15, 0.2) is 0 Å². The minimum Gasteiger partial charge on any atom is -0.496 e. The van der Waals surface area contributed by atoms with Gasteiger partial charge in [0, 0.05) is 17.8 Å². The summed E-state index contributed by atoms with van der Waals surface area (Å²) < 4.78 is 11.2. The first-order valence-electron chi connectivity index (χ1n) is 8.63. The molecule has 2 aliphatic carbocycles. The van der Waals surface area contributed by atoms with E-state index in [1.54, 1.807) is 13.2 Å². The van der Waals surface area contributed by atoms with Gasteiger partial charge in [-0.25, -0.2) is 0 Å².